The molecule has 0 saturated heterocycles. The molecule has 1 saturated carbocycles. The summed E-state index contributed by atoms with van der Waals surface area (Å²) in [4.78, 5) is 19.2. The van der Waals surface area contributed by atoms with Crippen molar-refractivity contribution in [1.82, 2.24) is 9.97 Å². The van der Waals surface area contributed by atoms with Crippen LogP contribution in [0.3, 0.4) is 0 Å². The Morgan fingerprint density at radius 3 is 2.73 bits per heavy atom. The van der Waals surface area contributed by atoms with Gasteiger partial charge in [0.1, 0.15) is 11.4 Å². The monoisotopic (exact) mass is 363 g/mol. The summed E-state index contributed by atoms with van der Waals surface area (Å²) in [5, 5.41) is 8.53. The van der Waals surface area contributed by atoms with Gasteiger partial charge >= 0.3 is 6.18 Å². The number of carbonyl (C=O) groups is 1. The Bertz CT molecular complexity index is 864. The number of alkyl halides is 3. The van der Waals surface area contributed by atoms with Crippen molar-refractivity contribution in [3.05, 3.63) is 35.5 Å². The molecule has 2 aliphatic rings. The fourth-order valence-corrected chi connectivity index (χ4v) is 2.77. The second-order valence-corrected chi connectivity index (χ2v) is 6.42. The number of amides is 1. The van der Waals surface area contributed by atoms with Crippen molar-refractivity contribution < 1.29 is 18.0 Å². The van der Waals surface area contributed by atoms with E-state index in [4.69, 9.17) is 0 Å². The SMILES string of the molecule is O=C1CCc2cc(Nc3ncc(C(F)(F)F)c(NC4CC4)n3)ccc2N1. The van der Waals surface area contributed by atoms with Crippen LogP contribution in [-0.2, 0) is 17.4 Å². The first kappa shape index (κ1) is 16.6. The molecule has 1 aromatic heterocycles. The van der Waals surface area contributed by atoms with Crippen molar-refractivity contribution in [3.63, 3.8) is 0 Å². The summed E-state index contributed by atoms with van der Waals surface area (Å²) in [5.41, 5.74) is 1.48. The number of fused-ring (bicyclic) bond motifs is 1. The Hall–Kier alpha value is -2.84. The molecular formula is C17H16F3N5O. The molecule has 26 heavy (non-hydrogen) atoms. The predicted octanol–water partition coefficient (Wildman–Crippen LogP) is 3.70. The third-order valence-electron chi connectivity index (χ3n) is 4.27. The number of rotatable bonds is 4. The van der Waals surface area contributed by atoms with Crippen LogP contribution in [0.2, 0.25) is 0 Å². The van der Waals surface area contributed by atoms with Crippen molar-refractivity contribution in [2.45, 2.75) is 37.9 Å². The van der Waals surface area contributed by atoms with E-state index in [9.17, 15) is 18.0 Å². The molecule has 1 aliphatic carbocycles. The highest BCUT2D eigenvalue weighted by Gasteiger charge is 2.36. The second-order valence-electron chi connectivity index (χ2n) is 6.42. The molecule has 3 N–H and O–H groups in total. The quantitative estimate of drug-likeness (QED) is 0.772. The summed E-state index contributed by atoms with van der Waals surface area (Å²) in [5.74, 6) is -0.149. The summed E-state index contributed by atoms with van der Waals surface area (Å²) in [6, 6.07) is 5.34. The molecule has 6 nitrogen and oxygen atoms in total. The topological polar surface area (TPSA) is 78.9 Å². The average molecular weight is 363 g/mol. The largest absolute Gasteiger partial charge is 0.421 e. The molecule has 1 aliphatic heterocycles. The van der Waals surface area contributed by atoms with Crippen molar-refractivity contribution in [2.75, 3.05) is 16.0 Å². The molecule has 1 fully saturated rings. The Balaban J connectivity index is 1.59. The van der Waals surface area contributed by atoms with Crippen LogP contribution >= 0.6 is 0 Å². The van der Waals surface area contributed by atoms with Crippen molar-refractivity contribution in [1.29, 1.82) is 0 Å². The summed E-state index contributed by atoms with van der Waals surface area (Å²) in [7, 11) is 0. The van der Waals surface area contributed by atoms with Gasteiger partial charge in [0, 0.05) is 30.0 Å². The maximum absolute atomic E-state index is 13.1. The average Bonchev–Trinajstić information content (AvgIpc) is 3.38. The van der Waals surface area contributed by atoms with Crippen molar-refractivity contribution in [2.24, 2.45) is 0 Å². The number of nitrogens with zero attached hydrogens (tertiary/aromatic N) is 2. The summed E-state index contributed by atoms with van der Waals surface area (Å²) >= 11 is 0. The van der Waals surface area contributed by atoms with Gasteiger partial charge in [-0.2, -0.15) is 18.2 Å². The van der Waals surface area contributed by atoms with Gasteiger partial charge in [-0.05, 0) is 43.0 Å². The number of aryl methyl sites for hydroxylation is 1. The maximum Gasteiger partial charge on any atom is 0.421 e. The van der Waals surface area contributed by atoms with Crippen LogP contribution < -0.4 is 16.0 Å². The number of halogens is 3. The van der Waals surface area contributed by atoms with Gasteiger partial charge in [-0.1, -0.05) is 0 Å². The van der Waals surface area contributed by atoms with E-state index in [1.54, 1.807) is 12.1 Å². The van der Waals surface area contributed by atoms with E-state index in [-0.39, 0.29) is 23.7 Å². The fourth-order valence-electron chi connectivity index (χ4n) is 2.77. The van der Waals surface area contributed by atoms with E-state index >= 15 is 0 Å². The Morgan fingerprint density at radius 2 is 2.00 bits per heavy atom. The van der Waals surface area contributed by atoms with Crippen LogP contribution in [0.1, 0.15) is 30.4 Å². The number of hydrogen-bond acceptors (Lipinski definition) is 5. The molecule has 2 aromatic rings. The van der Waals surface area contributed by atoms with Gasteiger partial charge in [0.2, 0.25) is 11.9 Å². The molecule has 9 heteroatoms. The number of benzene rings is 1. The van der Waals surface area contributed by atoms with Crippen LogP contribution in [0.15, 0.2) is 24.4 Å². The number of nitrogens with one attached hydrogen (secondary N) is 3. The molecule has 0 radical (unpaired) electrons. The number of anilines is 4. The first-order chi connectivity index (χ1) is 12.4. The molecule has 4 rings (SSSR count). The lowest BCUT2D eigenvalue weighted by Gasteiger charge is -2.18. The highest BCUT2D eigenvalue weighted by molar-refractivity contribution is 5.94. The third kappa shape index (κ3) is 3.56. The van der Waals surface area contributed by atoms with E-state index in [0.717, 1.165) is 30.3 Å². The van der Waals surface area contributed by atoms with Crippen LogP contribution in [-0.4, -0.2) is 21.9 Å². The number of hydrogen-bond donors (Lipinski definition) is 3. The number of carbonyl (C=O) groups excluding carboxylic acids is 1. The molecule has 1 amide bonds. The van der Waals surface area contributed by atoms with E-state index in [2.05, 4.69) is 25.9 Å². The van der Waals surface area contributed by atoms with Gasteiger partial charge in [0.15, 0.2) is 0 Å². The van der Waals surface area contributed by atoms with E-state index in [1.165, 1.54) is 0 Å². The van der Waals surface area contributed by atoms with E-state index in [1.807, 2.05) is 6.07 Å². The molecule has 1 aromatic carbocycles. The third-order valence-corrected chi connectivity index (χ3v) is 4.27. The van der Waals surface area contributed by atoms with Crippen LogP contribution in [0, 0.1) is 0 Å². The summed E-state index contributed by atoms with van der Waals surface area (Å²) < 4.78 is 39.4. The van der Waals surface area contributed by atoms with E-state index in [0.29, 0.717) is 18.5 Å². The molecule has 136 valence electrons. The predicted molar refractivity (Wildman–Crippen MR) is 90.4 cm³/mol. The molecule has 0 unspecified atom stereocenters. The van der Waals surface area contributed by atoms with Crippen LogP contribution in [0.25, 0.3) is 0 Å². The normalized spacial score (nSPS) is 16.7. The van der Waals surface area contributed by atoms with Gasteiger partial charge in [-0.3, -0.25) is 4.79 Å². The minimum absolute atomic E-state index is 0.0277. The van der Waals surface area contributed by atoms with Gasteiger partial charge in [-0.25, -0.2) is 4.98 Å². The fraction of sp³-hybridized carbons (Fsp3) is 0.353. The minimum Gasteiger partial charge on any atom is -0.367 e. The standard InChI is InChI=1S/C17H16F3N5O/c18-17(19,20)12-8-21-16(25-15(12)22-10-2-3-10)23-11-4-5-13-9(7-11)1-6-14(26)24-13/h4-5,7-8,10H,1-3,6H2,(H,24,26)(H2,21,22,23,25). The number of aromatic nitrogens is 2. The zero-order chi connectivity index (χ0) is 18.3. The summed E-state index contributed by atoms with van der Waals surface area (Å²) in [6.45, 7) is 0. The smallest absolute Gasteiger partial charge is 0.367 e. The highest BCUT2D eigenvalue weighted by Crippen LogP contribution is 2.36. The summed E-state index contributed by atoms with van der Waals surface area (Å²) in [6.07, 6.45) is -1.04. The van der Waals surface area contributed by atoms with Gasteiger partial charge in [0.25, 0.3) is 0 Å². The van der Waals surface area contributed by atoms with Gasteiger partial charge in [-0.15, -0.1) is 0 Å². The first-order valence-corrected chi connectivity index (χ1v) is 8.29. The van der Waals surface area contributed by atoms with E-state index < -0.39 is 11.7 Å². The lowest BCUT2D eigenvalue weighted by atomic mass is 10.0. The Kier molecular flexibility index (Phi) is 3.93. The lowest BCUT2D eigenvalue weighted by molar-refractivity contribution is -0.137. The van der Waals surface area contributed by atoms with Crippen molar-refractivity contribution >= 4 is 29.0 Å². The Morgan fingerprint density at radius 1 is 1.19 bits per heavy atom. The van der Waals surface area contributed by atoms with Crippen LogP contribution in [0.4, 0.5) is 36.3 Å². The highest BCUT2D eigenvalue weighted by atomic mass is 19.4. The minimum atomic E-state index is -4.51. The zero-order valence-electron chi connectivity index (χ0n) is 13.7. The Labute approximate surface area is 147 Å². The van der Waals surface area contributed by atoms with Gasteiger partial charge in [0.05, 0.1) is 0 Å². The maximum atomic E-state index is 13.1. The van der Waals surface area contributed by atoms with Gasteiger partial charge < -0.3 is 16.0 Å². The molecule has 0 atom stereocenters. The lowest BCUT2D eigenvalue weighted by Crippen LogP contribution is -2.19. The molecule has 0 bridgehead atoms. The first-order valence-electron chi connectivity index (χ1n) is 8.29. The molecule has 2 heterocycles. The molecule has 0 spiro atoms. The molecular weight excluding hydrogens is 347 g/mol. The second kappa shape index (κ2) is 6.15. The van der Waals surface area contributed by atoms with Crippen LogP contribution in [0.5, 0.6) is 0 Å². The zero-order valence-corrected chi connectivity index (χ0v) is 13.7. The van der Waals surface area contributed by atoms with Crippen molar-refractivity contribution in [3.8, 4) is 0 Å².